The largest absolute Gasteiger partial charge is 0.438 e. The minimum absolute atomic E-state index is 0.577. The molecule has 0 bridgehead atoms. The topological polar surface area (TPSA) is 71.7 Å². The van der Waals surface area contributed by atoms with Gasteiger partial charge < -0.3 is 4.74 Å². The van der Waals surface area contributed by atoms with Gasteiger partial charge in [0, 0.05) is 22.8 Å². The molecule has 3 heterocycles. The van der Waals surface area contributed by atoms with Gasteiger partial charge in [-0.25, -0.2) is 4.98 Å². The van der Waals surface area contributed by atoms with Gasteiger partial charge in [-0.2, -0.15) is 10.2 Å². The van der Waals surface area contributed by atoms with E-state index < -0.39 is 0 Å². The van der Waals surface area contributed by atoms with E-state index in [-0.39, 0.29) is 0 Å². The molecule has 136 valence electrons. The first-order valence-corrected chi connectivity index (χ1v) is 10.0. The van der Waals surface area contributed by atoms with Gasteiger partial charge in [-0.3, -0.25) is 4.98 Å². The molecule has 0 N–H and O–H groups in total. The van der Waals surface area contributed by atoms with Crippen molar-refractivity contribution in [3.63, 3.8) is 0 Å². The van der Waals surface area contributed by atoms with Crippen LogP contribution >= 0.6 is 11.3 Å². The van der Waals surface area contributed by atoms with Crippen LogP contribution in [0.4, 0.5) is 0 Å². The molecule has 1 aliphatic carbocycles. The number of aryl methyl sites for hydroxylation is 2. The zero-order chi connectivity index (χ0) is 18.9. The van der Waals surface area contributed by atoms with E-state index in [1.807, 2.05) is 12.1 Å². The molecule has 0 saturated heterocycles. The number of aromatic nitrogens is 3. The lowest BCUT2D eigenvalue weighted by Gasteiger charge is -2.13. The van der Waals surface area contributed by atoms with E-state index in [0.29, 0.717) is 23.0 Å². The number of nitriles is 1. The third-order valence-electron chi connectivity index (χ3n) is 4.90. The summed E-state index contributed by atoms with van der Waals surface area (Å²) in [5.74, 6) is 1.85. The molecule has 0 unspecified atom stereocenters. The van der Waals surface area contributed by atoms with Gasteiger partial charge in [-0.05, 0) is 67.6 Å². The molecule has 0 atom stereocenters. The zero-order valence-corrected chi connectivity index (χ0v) is 15.9. The van der Waals surface area contributed by atoms with Crippen molar-refractivity contribution in [1.29, 1.82) is 5.26 Å². The molecule has 0 radical (unpaired) electrons. The molecular formula is C22H16N4OS. The Morgan fingerprint density at radius 1 is 1.04 bits per heavy atom. The summed E-state index contributed by atoms with van der Waals surface area (Å²) >= 11 is 1.74. The van der Waals surface area contributed by atoms with Gasteiger partial charge in [0.2, 0.25) is 5.88 Å². The Morgan fingerprint density at radius 3 is 2.68 bits per heavy atom. The molecule has 0 saturated carbocycles. The van der Waals surface area contributed by atoms with Crippen LogP contribution in [0.2, 0.25) is 0 Å². The normalized spacial score (nSPS) is 13.1. The number of hydrogen-bond acceptors (Lipinski definition) is 6. The van der Waals surface area contributed by atoms with Crippen molar-refractivity contribution in [1.82, 2.24) is 15.0 Å². The van der Waals surface area contributed by atoms with Crippen LogP contribution < -0.4 is 4.74 Å². The molecule has 5 rings (SSSR count). The summed E-state index contributed by atoms with van der Waals surface area (Å²) in [4.78, 5) is 16.1. The first-order valence-electron chi connectivity index (χ1n) is 9.22. The number of thiophene rings is 1. The van der Waals surface area contributed by atoms with Gasteiger partial charge >= 0.3 is 0 Å². The van der Waals surface area contributed by atoms with Crippen molar-refractivity contribution in [3.8, 4) is 29.1 Å². The van der Waals surface area contributed by atoms with E-state index in [0.717, 1.165) is 28.6 Å². The second-order valence-electron chi connectivity index (χ2n) is 6.72. The Balaban J connectivity index is 1.67. The lowest BCUT2D eigenvalue weighted by Crippen LogP contribution is -2.00. The molecule has 5 nitrogen and oxygen atoms in total. The number of rotatable bonds is 3. The van der Waals surface area contributed by atoms with Crippen molar-refractivity contribution in [2.24, 2.45) is 0 Å². The highest BCUT2D eigenvalue weighted by Gasteiger charge is 2.22. The molecular weight excluding hydrogens is 368 g/mol. The van der Waals surface area contributed by atoms with E-state index in [1.165, 1.54) is 23.3 Å². The van der Waals surface area contributed by atoms with E-state index in [9.17, 15) is 0 Å². The molecule has 0 spiro atoms. The Kier molecular flexibility index (Phi) is 4.22. The second kappa shape index (κ2) is 7.02. The van der Waals surface area contributed by atoms with Crippen LogP contribution in [0.25, 0.3) is 21.6 Å². The number of ether oxygens (including phenoxy) is 1. The minimum atomic E-state index is 0.577. The summed E-state index contributed by atoms with van der Waals surface area (Å²) in [5.41, 5.74) is 2.79. The first kappa shape index (κ1) is 16.8. The summed E-state index contributed by atoms with van der Waals surface area (Å²) < 4.78 is 6.20. The van der Waals surface area contributed by atoms with Crippen LogP contribution in [0.5, 0.6) is 11.6 Å². The van der Waals surface area contributed by atoms with Gasteiger partial charge in [-0.1, -0.05) is 0 Å². The molecule has 1 aromatic carbocycles. The van der Waals surface area contributed by atoms with E-state index in [1.54, 1.807) is 48.0 Å². The lowest BCUT2D eigenvalue weighted by atomic mass is 9.97. The standard InChI is InChI=1S/C22H16N4OS/c23-12-14-7-9-16(10-8-14)27-21-19-17-5-1-2-6-18(17)28-22(19)26-20(25-21)15-4-3-11-24-13-15/h3-4,7-11,13H,1-2,5-6H2. The molecule has 4 aromatic rings. The van der Waals surface area contributed by atoms with Crippen LogP contribution in [0.3, 0.4) is 0 Å². The van der Waals surface area contributed by atoms with Crippen molar-refractivity contribution in [2.75, 3.05) is 0 Å². The van der Waals surface area contributed by atoms with Gasteiger partial charge in [0.05, 0.1) is 17.0 Å². The molecule has 6 heteroatoms. The van der Waals surface area contributed by atoms with Gasteiger partial charge in [0.15, 0.2) is 5.82 Å². The van der Waals surface area contributed by atoms with Crippen molar-refractivity contribution >= 4 is 21.6 Å². The Hall–Kier alpha value is -3.30. The fourth-order valence-electron chi connectivity index (χ4n) is 3.53. The van der Waals surface area contributed by atoms with Crippen LogP contribution in [0, 0.1) is 11.3 Å². The summed E-state index contributed by atoms with van der Waals surface area (Å²) in [6.45, 7) is 0. The highest BCUT2D eigenvalue weighted by Crippen LogP contribution is 2.41. The summed E-state index contributed by atoms with van der Waals surface area (Å²) in [5, 5.41) is 10.0. The number of fused-ring (bicyclic) bond motifs is 3. The monoisotopic (exact) mass is 384 g/mol. The van der Waals surface area contributed by atoms with E-state index >= 15 is 0 Å². The smallest absolute Gasteiger partial charge is 0.231 e. The highest BCUT2D eigenvalue weighted by atomic mass is 32.1. The zero-order valence-electron chi connectivity index (χ0n) is 15.1. The second-order valence-corrected chi connectivity index (χ2v) is 7.81. The maximum atomic E-state index is 9.01. The van der Waals surface area contributed by atoms with Gasteiger partial charge in [-0.15, -0.1) is 11.3 Å². The number of pyridine rings is 1. The predicted molar refractivity (Wildman–Crippen MR) is 109 cm³/mol. The third kappa shape index (κ3) is 3.00. The van der Waals surface area contributed by atoms with Crippen molar-refractivity contribution in [2.45, 2.75) is 25.7 Å². The predicted octanol–water partition coefficient (Wildman–Crippen LogP) is 5.30. The Bertz CT molecular complexity index is 1190. The van der Waals surface area contributed by atoms with E-state index in [2.05, 4.69) is 11.1 Å². The van der Waals surface area contributed by atoms with E-state index in [4.69, 9.17) is 20.0 Å². The Morgan fingerprint density at radius 2 is 1.89 bits per heavy atom. The van der Waals surface area contributed by atoms with Crippen LogP contribution in [0.15, 0.2) is 48.8 Å². The first-order chi connectivity index (χ1) is 13.8. The Labute approximate surface area is 166 Å². The quantitative estimate of drug-likeness (QED) is 0.479. The fourth-order valence-corrected chi connectivity index (χ4v) is 4.78. The molecule has 0 fully saturated rings. The molecule has 3 aromatic heterocycles. The fraction of sp³-hybridized carbons (Fsp3) is 0.182. The summed E-state index contributed by atoms with van der Waals surface area (Å²) in [7, 11) is 0. The van der Waals surface area contributed by atoms with Crippen molar-refractivity contribution in [3.05, 3.63) is 64.8 Å². The SMILES string of the molecule is N#Cc1ccc(Oc2nc(-c3cccnc3)nc3sc4c(c23)CCCC4)cc1. The average Bonchev–Trinajstić information content (AvgIpc) is 3.13. The molecule has 28 heavy (non-hydrogen) atoms. The number of nitrogens with zero attached hydrogens (tertiary/aromatic N) is 4. The van der Waals surface area contributed by atoms with Crippen LogP contribution in [0.1, 0.15) is 28.8 Å². The summed E-state index contributed by atoms with van der Waals surface area (Å²) in [6.07, 6.45) is 8.03. The van der Waals surface area contributed by atoms with Gasteiger partial charge in [0.1, 0.15) is 10.6 Å². The maximum absolute atomic E-state index is 9.01. The summed E-state index contributed by atoms with van der Waals surface area (Å²) in [6, 6.07) is 13.1. The van der Waals surface area contributed by atoms with Crippen LogP contribution in [-0.2, 0) is 12.8 Å². The molecule has 0 aliphatic heterocycles. The lowest BCUT2D eigenvalue weighted by molar-refractivity contribution is 0.468. The number of hydrogen-bond donors (Lipinski definition) is 0. The number of benzene rings is 1. The molecule has 1 aliphatic rings. The van der Waals surface area contributed by atoms with Gasteiger partial charge in [0.25, 0.3) is 0 Å². The third-order valence-corrected chi connectivity index (χ3v) is 6.08. The van der Waals surface area contributed by atoms with Crippen molar-refractivity contribution < 1.29 is 4.74 Å². The molecule has 0 amide bonds. The highest BCUT2D eigenvalue weighted by molar-refractivity contribution is 7.18. The minimum Gasteiger partial charge on any atom is -0.438 e. The maximum Gasteiger partial charge on any atom is 0.231 e. The van der Waals surface area contributed by atoms with Crippen LogP contribution in [-0.4, -0.2) is 15.0 Å². The average molecular weight is 384 g/mol.